The summed E-state index contributed by atoms with van der Waals surface area (Å²) in [7, 11) is 0. The highest BCUT2D eigenvalue weighted by molar-refractivity contribution is 5.22. The third-order valence-corrected chi connectivity index (χ3v) is 5.97. The molecule has 0 radical (unpaired) electrons. The van der Waals surface area contributed by atoms with Gasteiger partial charge in [0, 0.05) is 43.8 Å². The Morgan fingerprint density at radius 2 is 1.86 bits per heavy atom. The zero-order chi connectivity index (χ0) is 15.3. The minimum absolute atomic E-state index is 0.586. The van der Waals surface area contributed by atoms with E-state index < -0.39 is 0 Å². The van der Waals surface area contributed by atoms with Crippen LogP contribution in [-0.2, 0) is 19.6 Å². The van der Waals surface area contributed by atoms with Crippen LogP contribution in [0.1, 0.15) is 32.0 Å². The minimum Gasteiger partial charge on any atom is -0.316 e. The van der Waals surface area contributed by atoms with Gasteiger partial charge in [0.1, 0.15) is 0 Å². The van der Waals surface area contributed by atoms with E-state index in [0.717, 1.165) is 31.5 Å². The van der Waals surface area contributed by atoms with Crippen molar-refractivity contribution in [2.24, 2.45) is 11.8 Å². The molecular weight excluding hydrogens is 274 g/mol. The summed E-state index contributed by atoms with van der Waals surface area (Å²) in [4.78, 5) is 5.21. The third kappa shape index (κ3) is 2.49. The molecule has 1 N–H and O–H groups in total. The summed E-state index contributed by atoms with van der Waals surface area (Å²) < 4.78 is 2.27. The van der Waals surface area contributed by atoms with Crippen molar-refractivity contribution >= 4 is 0 Å². The molecule has 5 heteroatoms. The number of nitrogens with one attached hydrogen (secondary N) is 1. The van der Waals surface area contributed by atoms with E-state index in [1.807, 2.05) is 0 Å². The number of likely N-dealkylation sites (tertiary alicyclic amines) is 1. The molecule has 0 aliphatic carbocycles. The second-order valence-corrected chi connectivity index (χ2v) is 7.78. The fourth-order valence-electron chi connectivity index (χ4n) is 4.37. The Balaban J connectivity index is 1.40. The Bertz CT molecular complexity index is 525. The maximum absolute atomic E-state index is 4.67. The number of fused-ring (bicyclic) bond motifs is 2. The molecule has 1 aromatic rings. The summed E-state index contributed by atoms with van der Waals surface area (Å²) >= 11 is 0. The monoisotopic (exact) mass is 303 g/mol. The van der Waals surface area contributed by atoms with Gasteiger partial charge in [0.15, 0.2) is 0 Å². The molecule has 4 rings (SSSR count). The first-order chi connectivity index (χ1) is 10.6. The lowest BCUT2D eigenvalue weighted by Crippen LogP contribution is -2.37. The molecule has 4 heterocycles. The van der Waals surface area contributed by atoms with Crippen LogP contribution in [0.25, 0.3) is 0 Å². The van der Waals surface area contributed by atoms with Gasteiger partial charge in [-0.05, 0) is 45.7 Å². The number of aromatic nitrogens is 2. The Kier molecular flexibility index (Phi) is 3.75. The van der Waals surface area contributed by atoms with Gasteiger partial charge >= 0.3 is 0 Å². The Morgan fingerprint density at radius 1 is 1.14 bits per heavy atom. The van der Waals surface area contributed by atoms with E-state index in [9.17, 15) is 0 Å². The molecule has 2 fully saturated rings. The van der Waals surface area contributed by atoms with Crippen LogP contribution in [0.5, 0.6) is 0 Å². The maximum atomic E-state index is 4.67. The highest BCUT2D eigenvalue weighted by Gasteiger charge is 2.38. The molecule has 122 valence electrons. The van der Waals surface area contributed by atoms with Gasteiger partial charge in [-0.15, -0.1) is 0 Å². The van der Waals surface area contributed by atoms with E-state index in [4.69, 9.17) is 0 Å². The second-order valence-electron chi connectivity index (χ2n) is 7.78. The quantitative estimate of drug-likeness (QED) is 0.905. The summed E-state index contributed by atoms with van der Waals surface area (Å²) in [6, 6.07) is 1.20. The predicted octanol–water partition coefficient (Wildman–Crippen LogP) is 1.15. The summed E-state index contributed by atoms with van der Waals surface area (Å²) in [5.74, 6) is 1.75. The molecule has 0 aromatic carbocycles. The van der Waals surface area contributed by atoms with Gasteiger partial charge < -0.3 is 5.32 Å². The molecule has 3 atom stereocenters. The van der Waals surface area contributed by atoms with Gasteiger partial charge in [0.2, 0.25) is 0 Å². The van der Waals surface area contributed by atoms with E-state index in [-0.39, 0.29) is 0 Å². The summed E-state index contributed by atoms with van der Waals surface area (Å²) in [5, 5.41) is 8.20. The number of hydrogen-bond donors (Lipinski definition) is 1. The third-order valence-electron chi connectivity index (χ3n) is 5.97. The van der Waals surface area contributed by atoms with E-state index in [2.05, 4.69) is 51.9 Å². The Morgan fingerprint density at radius 3 is 2.55 bits per heavy atom. The van der Waals surface area contributed by atoms with Crippen LogP contribution in [0.2, 0.25) is 0 Å². The molecule has 5 nitrogen and oxygen atoms in total. The van der Waals surface area contributed by atoms with E-state index in [0.29, 0.717) is 12.1 Å². The van der Waals surface area contributed by atoms with Crippen LogP contribution < -0.4 is 5.32 Å². The van der Waals surface area contributed by atoms with Gasteiger partial charge in [-0.1, -0.05) is 0 Å². The van der Waals surface area contributed by atoms with Crippen LogP contribution in [0.4, 0.5) is 0 Å². The van der Waals surface area contributed by atoms with Crippen molar-refractivity contribution in [2.75, 3.05) is 26.2 Å². The van der Waals surface area contributed by atoms with Crippen LogP contribution in [-0.4, -0.2) is 57.8 Å². The van der Waals surface area contributed by atoms with Gasteiger partial charge in [0.05, 0.1) is 18.4 Å². The standard InChI is InChI=1S/C17H29N5/c1-12(2)20-10-16-6-19-22(17(16)11-20)7-13(3)21-8-14-4-18-5-15(14)9-21/h6,12-15,18H,4-5,7-11H2,1-3H3. The summed E-state index contributed by atoms with van der Waals surface area (Å²) in [6.45, 7) is 15.1. The van der Waals surface area contributed by atoms with Crippen molar-refractivity contribution in [3.05, 3.63) is 17.5 Å². The zero-order valence-corrected chi connectivity index (χ0v) is 14.1. The lowest BCUT2D eigenvalue weighted by molar-refractivity contribution is 0.202. The normalized spacial score (nSPS) is 30.2. The second kappa shape index (κ2) is 5.62. The van der Waals surface area contributed by atoms with Gasteiger partial charge in [0.25, 0.3) is 0 Å². The molecule has 22 heavy (non-hydrogen) atoms. The fraction of sp³-hybridized carbons (Fsp3) is 0.824. The molecule has 0 spiro atoms. The van der Waals surface area contributed by atoms with Crippen molar-refractivity contribution in [3.63, 3.8) is 0 Å². The smallest absolute Gasteiger partial charge is 0.0570 e. The molecule has 3 aliphatic heterocycles. The molecule has 0 amide bonds. The van der Waals surface area contributed by atoms with Crippen molar-refractivity contribution in [1.29, 1.82) is 0 Å². The van der Waals surface area contributed by atoms with E-state index in [1.165, 1.54) is 37.4 Å². The topological polar surface area (TPSA) is 36.3 Å². The SMILES string of the molecule is CC(C)N1Cc2cnn(CC(C)N3CC4CNCC4C3)c2C1. The molecule has 3 unspecified atom stereocenters. The number of hydrogen-bond acceptors (Lipinski definition) is 4. The van der Waals surface area contributed by atoms with Crippen molar-refractivity contribution in [3.8, 4) is 0 Å². The fourth-order valence-corrected chi connectivity index (χ4v) is 4.37. The zero-order valence-electron chi connectivity index (χ0n) is 14.1. The molecule has 1 aromatic heterocycles. The van der Waals surface area contributed by atoms with Gasteiger partial charge in [-0.25, -0.2) is 0 Å². The van der Waals surface area contributed by atoms with Gasteiger partial charge in [-0.3, -0.25) is 14.5 Å². The average molecular weight is 303 g/mol. The van der Waals surface area contributed by atoms with E-state index in [1.54, 1.807) is 0 Å². The molecule has 2 saturated heterocycles. The lowest BCUT2D eigenvalue weighted by Gasteiger charge is -2.26. The summed E-state index contributed by atoms with van der Waals surface area (Å²) in [6.07, 6.45) is 2.09. The van der Waals surface area contributed by atoms with Crippen LogP contribution >= 0.6 is 0 Å². The first-order valence-corrected chi connectivity index (χ1v) is 8.84. The molecule has 3 aliphatic rings. The first-order valence-electron chi connectivity index (χ1n) is 8.84. The highest BCUT2D eigenvalue weighted by Crippen LogP contribution is 2.29. The molecular formula is C17H29N5. The lowest BCUT2D eigenvalue weighted by atomic mass is 10.0. The molecule has 0 bridgehead atoms. The Hall–Kier alpha value is -0.910. The molecule has 0 saturated carbocycles. The van der Waals surface area contributed by atoms with E-state index >= 15 is 0 Å². The van der Waals surface area contributed by atoms with Crippen molar-refractivity contribution < 1.29 is 0 Å². The van der Waals surface area contributed by atoms with Crippen molar-refractivity contribution in [2.45, 2.75) is 52.5 Å². The summed E-state index contributed by atoms with van der Waals surface area (Å²) in [5.41, 5.74) is 2.88. The number of rotatable bonds is 4. The van der Waals surface area contributed by atoms with Gasteiger partial charge in [-0.2, -0.15) is 5.10 Å². The Labute approximate surface area is 133 Å². The number of nitrogens with zero attached hydrogens (tertiary/aromatic N) is 4. The van der Waals surface area contributed by atoms with Crippen LogP contribution in [0.3, 0.4) is 0 Å². The highest BCUT2D eigenvalue weighted by atomic mass is 15.3. The minimum atomic E-state index is 0.586. The predicted molar refractivity (Wildman–Crippen MR) is 87.5 cm³/mol. The maximum Gasteiger partial charge on any atom is 0.0570 e. The van der Waals surface area contributed by atoms with Crippen LogP contribution in [0.15, 0.2) is 6.20 Å². The van der Waals surface area contributed by atoms with Crippen LogP contribution in [0, 0.1) is 11.8 Å². The average Bonchev–Trinajstić information content (AvgIpc) is 3.17. The largest absolute Gasteiger partial charge is 0.316 e. The van der Waals surface area contributed by atoms with Crippen molar-refractivity contribution in [1.82, 2.24) is 24.9 Å². The first kappa shape index (κ1) is 14.7.